The molecule has 0 atom stereocenters. The summed E-state index contributed by atoms with van der Waals surface area (Å²) in [6.45, 7) is 4.10. The number of carbonyl (C=O) groups excluding carboxylic acids is 1. The lowest BCUT2D eigenvalue weighted by Gasteiger charge is -2.02. The highest BCUT2D eigenvalue weighted by Gasteiger charge is 2.06. The van der Waals surface area contributed by atoms with Crippen molar-refractivity contribution in [2.24, 2.45) is 0 Å². The average Bonchev–Trinajstić information content (AvgIpc) is 3.41. The third kappa shape index (κ3) is 8.93. The van der Waals surface area contributed by atoms with E-state index >= 15 is 0 Å². The SMILES string of the molecule is CC(=O)Nc1nnc(COc2ccc(Cl)cc2)s1.Cc1nnc(COc2ccc(Cl)cc2)s1. The number of halogens is 2. The molecule has 172 valence electrons. The minimum Gasteiger partial charge on any atom is -0.486 e. The molecule has 0 aliphatic rings. The molecule has 2 aromatic carbocycles. The quantitative estimate of drug-likeness (QED) is 0.326. The van der Waals surface area contributed by atoms with Gasteiger partial charge in [0.05, 0.1) is 0 Å². The second-order valence-electron chi connectivity index (χ2n) is 6.38. The van der Waals surface area contributed by atoms with Crippen molar-refractivity contribution in [3.63, 3.8) is 0 Å². The molecule has 4 aromatic rings. The topological polar surface area (TPSA) is 99.1 Å². The Hall–Kier alpha value is -2.79. The molecule has 0 bridgehead atoms. The molecule has 12 heteroatoms. The third-order valence-corrected chi connectivity index (χ3v) is 5.80. The number of benzene rings is 2. The first-order valence-corrected chi connectivity index (χ1v) is 11.9. The summed E-state index contributed by atoms with van der Waals surface area (Å²) < 4.78 is 11.0. The molecule has 8 nitrogen and oxygen atoms in total. The zero-order chi connectivity index (χ0) is 23.6. The molecule has 0 spiro atoms. The molecule has 0 fully saturated rings. The second-order valence-corrected chi connectivity index (χ2v) is 9.58. The van der Waals surface area contributed by atoms with E-state index in [0.29, 0.717) is 39.1 Å². The van der Waals surface area contributed by atoms with Gasteiger partial charge >= 0.3 is 0 Å². The summed E-state index contributed by atoms with van der Waals surface area (Å²) in [7, 11) is 0. The Labute approximate surface area is 208 Å². The Kier molecular flexibility index (Phi) is 9.37. The largest absolute Gasteiger partial charge is 0.486 e. The Morgan fingerprint density at radius 1 is 0.818 bits per heavy atom. The van der Waals surface area contributed by atoms with Crippen LogP contribution >= 0.6 is 45.9 Å². The van der Waals surface area contributed by atoms with E-state index < -0.39 is 0 Å². The Bertz CT molecular complexity index is 1170. The van der Waals surface area contributed by atoms with Gasteiger partial charge in [-0.3, -0.25) is 4.79 Å². The summed E-state index contributed by atoms with van der Waals surface area (Å²) in [6, 6.07) is 14.3. The van der Waals surface area contributed by atoms with E-state index in [1.54, 1.807) is 36.4 Å². The van der Waals surface area contributed by atoms with Crippen LogP contribution in [0.15, 0.2) is 48.5 Å². The highest BCUT2D eigenvalue weighted by atomic mass is 35.5. The van der Waals surface area contributed by atoms with Crippen LogP contribution in [0, 0.1) is 6.92 Å². The second kappa shape index (κ2) is 12.4. The molecule has 2 aromatic heterocycles. The van der Waals surface area contributed by atoms with E-state index in [0.717, 1.165) is 15.8 Å². The lowest BCUT2D eigenvalue weighted by molar-refractivity contribution is -0.114. The number of nitrogens with zero attached hydrogens (tertiary/aromatic N) is 4. The van der Waals surface area contributed by atoms with Gasteiger partial charge in [-0.1, -0.05) is 45.9 Å². The maximum atomic E-state index is 10.8. The van der Waals surface area contributed by atoms with Gasteiger partial charge in [0, 0.05) is 17.0 Å². The Morgan fingerprint density at radius 2 is 1.30 bits per heavy atom. The fraction of sp³-hybridized carbons (Fsp3) is 0.190. The van der Waals surface area contributed by atoms with Gasteiger partial charge in [-0.15, -0.1) is 20.4 Å². The zero-order valence-electron chi connectivity index (χ0n) is 17.6. The van der Waals surface area contributed by atoms with Gasteiger partial charge in [0.2, 0.25) is 11.0 Å². The van der Waals surface area contributed by atoms with Crippen LogP contribution in [0.4, 0.5) is 5.13 Å². The number of hydrogen-bond donors (Lipinski definition) is 1. The maximum absolute atomic E-state index is 10.8. The number of aromatic nitrogens is 4. The van der Waals surface area contributed by atoms with Crippen molar-refractivity contribution in [1.29, 1.82) is 0 Å². The van der Waals surface area contributed by atoms with Crippen LogP contribution in [0.3, 0.4) is 0 Å². The van der Waals surface area contributed by atoms with Crippen LogP contribution < -0.4 is 14.8 Å². The van der Waals surface area contributed by atoms with Crippen LogP contribution in [-0.2, 0) is 18.0 Å². The van der Waals surface area contributed by atoms with Gasteiger partial charge in [0.15, 0.2) is 10.0 Å². The van der Waals surface area contributed by atoms with Crippen molar-refractivity contribution < 1.29 is 14.3 Å². The Morgan fingerprint density at radius 3 is 1.76 bits per heavy atom. The number of rotatable bonds is 7. The van der Waals surface area contributed by atoms with Gasteiger partial charge in [0.25, 0.3) is 0 Å². The molecule has 2 heterocycles. The molecule has 0 aliphatic carbocycles. The minimum absolute atomic E-state index is 0.170. The van der Waals surface area contributed by atoms with E-state index in [-0.39, 0.29) is 5.91 Å². The van der Waals surface area contributed by atoms with Crippen LogP contribution in [0.1, 0.15) is 21.9 Å². The van der Waals surface area contributed by atoms with Crippen molar-refractivity contribution in [2.75, 3.05) is 5.32 Å². The summed E-state index contributed by atoms with van der Waals surface area (Å²) in [4.78, 5) is 10.8. The molecular formula is C21H19Cl2N5O3S2. The molecule has 0 aliphatic heterocycles. The van der Waals surface area contributed by atoms with Gasteiger partial charge in [0.1, 0.15) is 29.7 Å². The number of ether oxygens (including phenoxy) is 2. The molecule has 0 unspecified atom stereocenters. The molecule has 1 amide bonds. The lowest BCUT2D eigenvalue weighted by atomic mass is 10.3. The smallest absolute Gasteiger partial charge is 0.223 e. The monoisotopic (exact) mass is 523 g/mol. The molecular weight excluding hydrogens is 505 g/mol. The number of amides is 1. The van der Waals surface area contributed by atoms with E-state index in [4.69, 9.17) is 32.7 Å². The van der Waals surface area contributed by atoms with E-state index in [9.17, 15) is 4.79 Å². The third-order valence-electron chi connectivity index (χ3n) is 3.67. The summed E-state index contributed by atoms with van der Waals surface area (Å²) >= 11 is 14.3. The molecule has 0 saturated carbocycles. The maximum Gasteiger partial charge on any atom is 0.223 e. The van der Waals surface area contributed by atoms with Crippen molar-refractivity contribution >= 4 is 56.9 Å². The molecule has 33 heavy (non-hydrogen) atoms. The molecule has 1 N–H and O–H groups in total. The van der Waals surface area contributed by atoms with E-state index in [1.165, 1.54) is 29.6 Å². The Balaban J connectivity index is 0.000000189. The van der Waals surface area contributed by atoms with Crippen LogP contribution in [0.5, 0.6) is 11.5 Å². The number of nitrogens with one attached hydrogen (secondary N) is 1. The predicted octanol–water partition coefficient (Wildman–Crippen LogP) is 5.81. The van der Waals surface area contributed by atoms with Gasteiger partial charge in [-0.05, 0) is 55.5 Å². The fourth-order valence-electron chi connectivity index (χ4n) is 2.26. The molecule has 0 saturated heterocycles. The fourth-order valence-corrected chi connectivity index (χ4v) is 3.83. The molecule has 4 rings (SSSR count). The van der Waals surface area contributed by atoms with Crippen molar-refractivity contribution in [2.45, 2.75) is 27.1 Å². The zero-order valence-corrected chi connectivity index (χ0v) is 20.8. The highest BCUT2D eigenvalue weighted by molar-refractivity contribution is 7.15. The van der Waals surface area contributed by atoms with Gasteiger partial charge < -0.3 is 14.8 Å². The van der Waals surface area contributed by atoms with E-state index in [2.05, 4.69) is 25.7 Å². The first-order valence-electron chi connectivity index (χ1n) is 9.53. The van der Waals surface area contributed by atoms with Crippen molar-refractivity contribution in [1.82, 2.24) is 20.4 Å². The standard InChI is InChI=1S/C11H10ClN3O2S.C10H9ClN2OS/c1-7(16)13-11-15-14-10(18-11)6-17-9-4-2-8(12)3-5-9;1-7-12-13-10(15-7)6-14-9-4-2-8(11)3-5-9/h2-5H,6H2,1H3,(H,13,15,16);2-5H,6H2,1H3. The van der Waals surface area contributed by atoms with Crippen molar-refractivity contribution in [3.05, 3.63) is 73.6 Å². The summed E-state index contributed by atoms with van der Waals surface area (Å²) in [5, 5.41) is 22.5. The number of carbonyl (C=O) groups is 1. The van der Waals surface area contributed by atoms with Crippen LogP contribution in [0.2, 0.25) is 10.0 Å². The summed E-state index contributed by atoms with van der Waals surface area (Å²) in [5.41, 5.74) is 0. The highest BCUT2D eigenvalue weighted by Crippen LogP contribution is 2.20. The lowest BCUT2D eigenvalue weighted by Crippen LogP contribution is -2.04. The number of hydrogen-bond acceptors (Lipinski definition) is 9. The summed E-state index contributed by atoms with van der Waals surface area (Å²) in [5.74, 6) is 1.32. The minimum atomic E-state index is -0.170. The molecule has 0 radical (unpaired) electrons. The number of aryl methyl sites for hydroxylation is 1. The predicted molar refractivity (Wildman–Crippen MR) is 130 cm³/mol. The van der Waals surface area contributed by atoms with Gasteiger partial charge in [-0.2, -0.15) is 0 Å². The first kappa shape index (κ1) is 24.8. The van der Waals surface area contributed by atoms with Crippen molar-refractivity contribution in [3.8, 4) is 11.5 Å². The van der Waals surface area contributed by atoms with Crippen LogP contribution in [0.25, 0.3) is 0 Å². The normalized spacial score (nSPS) is 10.2. The van der Waals surface area contributed by atoms with E-state index in [1.807, 2.05) is 19.1 Å². The first-order chi connectivity index (χ1) is 15.9. The van der Waals surface area contributed by atoms with Gasteiger partial charge in [-0.25, -0.2) is 0 Å². The van der Waals surface area contributed by atoms with Crippen LogP contribution in [-0.4, -0.2) is 26.3 Å². The average molecular weight is 524 g/mol. The summed E-state index contributed by atoms with van der Waals surface area (Å²) in [6.07, 6.45) is 0. The number of anilines is 1.